The number of nitrogens with one attached hydrogen (secondary N) is 1. The number of anilines is 1. The molecule has 0 fully saturated rings. The number of nitrogens with zero attached hydrogens (tertiary/aromatic N) is 6. The van der Waals surface area contributed by atoms with Gasteiger partial charge in [-0.2, -0.15) is 15.0 Å². The maximum atomic E-state index is 11.2. The number of halogens is 1. The van der Waals surface area contributed by atoms with E-state index in [1.165, 1.54) is 4.57 Å². The second kappa shape index (κ2) is 4.94. The monoisotopic (exact) mass is 287 g/mol. The van der Waals surface area contributed by atoms with Gasteiger partial charge in [-0.25, -0.2) is 9.89 Å². The van der Waals surface area contributed by atoms with E-state index in [-0.39, 0.29) is 11.0 Å². The first kappa shape index (κ1) is 12.8. The quantitative estimate of drug-likeness (QED) is 0.860. The number of aromatic amines is 1. The minimum Gasteiger partial charge on any atom is -0.347 e. The van der Waals surface area contributed by atoms with Crippen molar-refractivity contribution in [3.8, 4) is 0 Å². The largest absolute Gasteiger partial charge is 0.347 e. The lowest BCUT2D eigenvalue weighted by Gasteiger charge is -2.10. The van der Waals surface area contributed by atoms with Crippen LogP contribution in [0.15, 0.2) is 15.1 Å². The summed E-state index contributed by atoms with van der Waals surface area (Å²) in [7, 11) is 5.19. The van der Waals surface area contributed by atoms with Gasteiger partial charge in [0, 0.05) is 21.1 Å². The van der Waals surface area contributed by atoms with Crippen LogP contribution in [-0.4, -0.2) is 43.8 Å². The van der Waals surface area contributed by atoms with Crippen molar-refractivity contribution < 1.29 is 0 Å². The molecule has 0 aliphatic heterocycles. The molecule has 0 saturated heterocycles. The van der Waals surface area contributed by atoms with Crippen LogP contribution in [0.3, 0.4) is 0 Å². The molecule has 2 heterocycles. The smallest absolute Gasteiger partial charge is 0.343 e. The Morgan fingerprint density at radius 1 is 1.33 bits per heavy atom. The highest BCUT2D eigenvalue weighted by atomic mass is 35.5. The van der Waals surface area contributed by atoms with Crippen LogP contribution in [0.1, 0.15) is 0 Å². The number of hydrogen-bond donors (Lipinski definition) is 1. The van der Waals surface area contributed by atoms with Gasteiger partial charge in [-0.1, -0.05) is 0 Å². The molecule has 0 aliphatic carbocycles. The molecular weight excluding hydrogens is 278 g/mol. The standard InChI is InChI=1S/C8H10ClN7OS/c1-15(2)5-10-4(9)11-6(12-5)18-8-14-13-7(17)16(8)3/h1-3H3,(H,13,17). The van der Waals surface area contributed by atoms with Crippen LogP contribution in [0.5, 0.6) is 0 Å². The summed E-state index contributed by atoms with van der Waals surface area (Å²) in [6.07, 6.45) is 0. The first-order valence-electron chi connectivity index (χ1n) is 4.85. The van der Waals surface area contributed by atoms with Crippen LogP contribution in [-0.2, 0) is 7.05 Å². The van der Waals surface area contributed by atoms with Crippen molar-refractivity contribution in [2.45, 2.75) is 10.3 Å². The molecule has 0 saturated carbocycles. The lowest BCUT2D eigenvalue weighted by molar-refractivity contribution is 0.760. The topological polar surface area (TPSA) is 92.6 Å². The van der Waals surface area contributed by atoms with E-state index in [1.54, 1.807) is 26.0 Å². The van der Waals surface area contributed by atoms with Crippen molar-refractivity contribution in [1.82, 2.24) is 29.7 Å². The Bertz CT molecular complexity index is 622. The average molecular weight is 288 g/mol. The van der Waals surface area contributed by atoms with Crippen molar-refractivity contribution in [2.75, 3.05) is 19.0 Å². The molecule has 2 rings (SSSR count). The Morgan fingerprint density at radius 3 is 2.61 bits per heavy atom. The van der Waals surface area contributed by atoms with Gasteiger partial charge in [-0.05, 0) is 23.4 Å². The number of hydrogen-bond acceptors (Lipinski definition) is 7. The molecule has 0 bridgehead atoms. The average Bonchev–Trinajstić information content (AvgIpc) is 2.60. The van der Waals surface area contributed by atoms with Gasteiger partial charge in [-0.3, -0.25) is 4.57 Å². The van der Waals surface area contributed by atoms with Crippen molar-refractivity contribution >= 4 is 29.3 Å². The van der Waals surface area contributed by atoms with Crippen LogP contribution >= 0.6 is 23.4 Å². The molecule has 1 N–H and O–H groups in total. The van der Waals surface area contributed by atoms with Crippen LogP contribution in [0, 0.1) is 0 Å². The Morgan fingerprint density at radius 2 is 2.06 bits per heavy atom. The van der Waals surface area contributed by atoms with E-state index in [4.69, 9.17) is 11.6 Å². The molecule has 0 radical (unpaired) electrons. The summed E-state index contributed by atoms with van der Waals surface area (Å²) in [5, 5.41) is 7.10. The highest BCUT2D eigenvalue weighted by Gasteiger charge is 2.12. The molecule has 0 spiro atoms. The zero-order valence-electron chi connectivity index (χ0n) is 9.88. The Balaban J connectivity index is 2.34. The second-order valence-corrected chi connectivity index (χ2v) is 4.83. The summed E-state index contributed by atoms with van der Waals surface area (Å²) in [5.74, 6) is 0.443. The molecule has 8 nitrogen and oxygen atoms in total. The third-order valence-corrected chi connectivity index (χ3v) is 3.08. The van der Waals surface area contributed by atoms with Gasteiger partial charge in [0.2, 0.25) is 16.4 Å². The molecule has 0 atom stereocenters. The third-order valence-electron chi connectivity index (χ3n) is 2.00. The van der Waals surface area contributed by atoms with Crippen molar-refractivity contribution in [1.29, 1.82) is 0 Å². The maximum Gasteiger partial charge on any atom is 0.343 e. The zero-order valence-corrected chi connectivity index (χ0v) is 11.5. The number of aromatic nitrogens is 6. The summed E-state index contributed by atoms with van der Waals surface area (Å²) >= 11 is 6.93. The van der Waals surface area contributed by atoms with E-state index in [2.05, 4.69) is 25.1 Å². The molecular formula is C8H10ClN7OS. The molecule has 2 aromatic rings. The summed E-state index contributed by atoms with van der Waals surface area (Å²) < 4.78 is 1.36. The molecule has 2 aromatic heterocycles. The highest BCUT2D eigenvalue weighted by molar-refractivity contribution is 7.99. The van der Waals surface area contributed by atoms with E-state index >= 15 is 0 Å². The fraction of sp³-hybridized carbons (Fsp3) is 0.375. The van der Waals surface area contributed by atoms with Crippen molar-refractivity contribution in [2.24, 2.45) is 7.05 Å². The summed E-state index contributed by atoms with van der Waals surface area (Å²) in [5.41, 5.74) is -0.300. The van der Waals surface area contributed by atoms with Crippen LogP contribution in [0.2, 0.25) is 5.28 Å². The van der Waals surface area contributed by atoms with Gasteiger partial charge < -0.3 is 4.90 Å². The van der Waals surface area contributed by atoms with Crippen molar-refractivity contribution in [3.63, 3.8) is 0 Å². The Labute approximate surface area is 111 Å². The maximum absolute atomic E-state index is 11.2. The van der Waals surface area contributed by atoms with Crippen molar-refractivity contribution in [3.05, 3.63) is 15.8 Å². The summed E-state index contributed by atoms with van der Waals surface area (Å²) in [4.78, 5) is 25.1. The predicted molar refractivity (Wildman–Crippen MR) is 67.1 cm³/mol. The molecule has 0 aromatic carbocycles. The molecule has 0 amide bonds. The normalized spacial score (nSPS) is 10.7. The van der Waals surface area contributed by atoms with E-state index < -0.39 is 0 Å². The highest BCUT2D eigenvalue weighted by Crippen LogP contribution is 2.23. The van der Waals surface area contributed by atoms with Gasteiger partial charge in [0.05, 0.1) is 0 Å². The second-order valence-electron chi connectivity index (χ2n) is 3.55. The SMILES string of the molecule is CN(C)c1nc(Cl)nc(Sc2n[nH]c(=O)n2C)n1. The van der Waals surface area contributed by atoms with Gasteiger partial charge in [0.15, 0.2) is 5.16 Å². The first-order chi connectivity index (χ1) is 8.47. The molecule has 10 heteroatoms. The molecule has 0 aliphatic rings. The molecule has 96 valence electrons. The third kappa shape index (κ3) is 2.62. The van der Waals surface area contributed by atoms with Crippen LogP contribution in [0.25, 0.3) is 0 Å². The van der Waals surface area contributed by atoms with E-state index in [0.29, 0.717) is 16.3 Å². The Hall–Kier alpha value is -1.61. The minimum absolute atomic E-state index is 0.0942. The minimum atomic E-state index is -0.300. The van der Waals surface area contributed by atoms with Gasteiger partial charge >= 0.3 is 5.69 Å². The van der Waals surface area contributed by atoms with Gasteiger partial charge in [0.1, 0.15) is 0 Å². The van der Waals surface area contributed by atoms with E-state index in [0.717, 1.165) is 11.8 Å². The van der Waals surface area contributed by atoms with Crippen LogP contribution in [0.4, 0.5) is 5.95 Å². The molecule has 18 heavy (non-hydrogen) atoms. The van der Waals surface area contributed by atoms with Gasteiger partial charge in [-0.15, -0.1) is 5.10 Å². The lowest BCUT2D eigenvalue weighted by Crippen LogP contribution is -2.14. The molecule has 0 unspecified atom stereocenters. The fourth-order valence-corrected chi connectivity index (χ4v) is 2.01. The lowest BCUT2D eigenvalue weighted by atomic mass is 10.8. The zero-order chi connectivity index (χ0) is 13.3. The summed E-state index contributed by atoms with van der Waals surface area (Å²) in [6, 6.07) is 0. The van der Waals surface area contributed by atoms with Gasteiger partial charge in [0.25, 0.3) is 0 Å². The van der Waals surface area contributed by atoms with E-state index in [1.807, 2.05) is 0 Å². The fourth-order valence-electron chi connectivity index (χ4n) is 1.07. The van der Waals surface area contributed by atoms with Crippen LogP contribution < -0.4 is 10.6 Å². The number of H-pyrrole nitrogens is 1. The first-order valence-corrected chi connectivity index (χ1v) is 6.05. The predicted octanol–water partition coefficient (Wildman–Crippen LogP) is 0.164. The Kier molecular flexibility index (Phi) is 3.53. The number of rotatable bonds is 3. The summed E-state index contributed by atoms with van der Waals surface area (Å²) in [6.45, 7) is 0. The van der Waals surface area contributed by atoms with E-state index in [9.17, 15) is 4.79 Å².